The molecular formula is C13H20N4. The van der Waals surface area contributed by atoms with Crippen LogP contribution in [0.5, 0.6) is 0 Å². The van der Waals surface area contributed by atoms with Gasteiger partial charge in [-0.1, -0.05) is 0 Å². The van der Waals surface area contributed by atoms with Crippen LogP contribution in [0, 0.1) is 6.92 Å². The molecule has 4 nitrogen and oxygen atoms in total. The molecule has 0 aromatic carbocycles. The fraction of sp³-hybridized carbons (Fsp3) is 0.692. The average Bonchev–Trinajstić information content (AvgIpc) is 3.16. The van der Waals surface area contributed by atoms with E-state index in [1.807, 2.05) is 0 Å². The average molecular weight is 232 g/mol. The Morgan fingerprint density at radius 2 is 2.12 bits per heavy atom. The lowest BCUT2D eigenvalue weighted by molar-refractivity contribution is 0.724. The van der Waals surface area contributed by atoms with E-state index >= 15 is 0 Å². The first-order chi connectivity index (χ1) is 8.33. The molecule has 0 amide bonds. The summed E-state index contributed by atoms with van der Waals surface area (Å²) < 4.78 is 0. The van der Waals surface area contributed by atoms with Gasteiger partial charge in [0, 0.05) is 36.9 Å². The Balaban J connectivity index is 1.84. The van der Waals surface area contributed by atoms with E-state index < -0.39 is 0 Å². The SMILES string of the molecule is Cc1cc(C2CC2)nc(N2CCCNCC2)n1. The van der Waals surface area contributed by atoms with Gasteiger partial charge in [0.25, 0.3) is 0 Å². The third-order valence-corrected chi connectivity index (χ3v) is 3.48. The monoisotopic (exact) mass is 232 g/mol. The summed E-state index contributed by atoms with van der Waals surface area (Å²) in [5.74, 6) is 1.65. The third-order valence-electron chi connectivity index (χ3n) is 3.48. The lowest BCUT2D eigenvalue weighted by Gasteiger charge is -2.20. The van der Waals surface area contributed by atoms with Gasteiger partial charge in [0.1, 0.15) is 0 Å². The second-order valence-corrected chi connectivity index (χ2v) is 5.10. The van der Waals surface area contributed by atoms with E-state index in [0.717, 1.165) is 37.8 Å². The summed E-state index contributed by atoms with van der Waals surface area (Å²) in [5.41, 5.74) is 2.36. The maximum absolute atomic E-state index is 4.75. The van der Waals surface area contributed by atoms with Gasteiger partial charge in [0.15, 0.2) is 0 Å². The predicted octanol–water partition coefficient (Wildman–Crippen LogP) is 1.46. The molecule has 17 heavy (non-hydrogen) atoms. The van der Waals surface area contributed by atoms with E-state index in [9.17, 15) is 0 Å². The zero-order chi connectivity index (χ0) is 11.7. The highest BCUT2D eigenvalue weighted by molar-refractivity contribution is 5.34. The lowest BCUT2D eigenvalue weighted by Crippen LogP contribution is -2.29. The van der Waals surface area contributed by atoms with Gasteiger partial charge in [0.05, 0.1) is 0 Å². The Labute approximate surface area is 102 Å². The molecule has 0 unspecified atom stereocenters. The van der Waals surface area contributed by atoms with Gasteiger partial charge >= 0.3 is 0 Å². The molecule has 0 atom stereocenters. The first-order valence-corrected chi connectivity index (χ1v) is 6.64. The minimum Gasteiger partial charge on any atom is -0.339 e. The fourth-order valence-electron chi connectivity index (χ4n) is 2.35. The van der Waals surface area contributed by atoms with Crippen LogP contribution in [0.1, 0.15) is 36.6 Å². The number of hydrogen-bond donors (Lipinski definition) is 1. The maximum Gasteiger partial charge on any atom is 0.225 e. The molecule has 1 saturated carbocycles. The van der Waals surface area contributed by atoms with Crippen LogP contribution in [0.25, 0.3) is 0 Å². The van der Waals surface area contributed by atoms with Crippen LogP contribution in [-0.2, 0) is 0 Å². The van der Waals surface area contributed by atoms with Gasteiger partial charge in [0.2, 0.25) is 5.95 Å². The summed E-state index contributed by atoms with van der Waals surface area (Å²) >= 11 is 0. The van der Waals surface area contributed by atoms with Crippen molar-refractivity contribution in [3.05, 3.63) is 17.5 Å². The topological polar surface area (TPSA) is 41.1 Å². The van der Waals surface area contributed by atoms with Gasteiger partial charge in [-0.15, -0.1) is 0 Å². The van der Waals surface area contributed by atoms with Crippen LogP contribution in [0.15, 0.2) is 6.07 Å². The summed E-state index contributed by atoms with van der Waals surface area (Å²) in [7, 11) is 0. The quantitative estimate of drug-likeness (QED) is 0.838. The first-order valence-electron chi connectivity index (χ1n) is 6.64. The van der Waals surface area contributed by atoms with Crippen molar-refractivity contribution >= 4 is 5.95 Å². The highest BCUT2D eigenvalue weighted by Crippen LogP contribution is 2.39. The van der Waals surface area contributed by atoms with E-state index in [1.165, 1.54) is 25.0 Å². The standard InChI is InChI=1S/C13H20N4/c1-10-9-12(11-3-4-11)16-13(15-10)17-7-2-5-14-6-8-17/h9,11,14H,2-8H2,1H3. The van der Waals surface area contributed by atoms with Crippen LogP contribution in [0.3, 0.4) is 0 Å². The summed E-state index contributed by atoms with van der Waals surface area (Å²) in [4.78, 5) is 11.7. The van der Waals surface area contributed by atoms with Crippen molar-refractivity contribution in [3.63, 3.8) is 0 Å². The number of nitrogens with one attached hydrogen (secondary N) is 1. The van der Waals surface area contributed by atoms with Crippen molar-refractivity contribution in [3.8, 4) is 0 Å². The molecule has 0 radical (unpaired) electrons. The Hall–Kier alpha value is -1.16. The van der Waals surface area contributed by atoms with E-state index in [0.29, 0.717) is 5.92 Å². The van der Waals surface area contributed by atoms with Crippen molar-refractivity contribution in [2.24, 2.45) is 0 Å². The molecule has 1 aromatic heterocycles. The van der Waals surface area contributed by atoms with Crippen LogP contribution >= 0.6 is 0 Å². The molecular weight excluding hydrogens is 212 g/mol. The van der Waals surface area contributed by atoms with Crippen LogP contribution in [0.4, 0.5) is 5.95 Å². The van der Waals surface area contributed by atoms with Gasteiger partial charge in [-0.2, -0.15) is 0 Å². The molecule has 0 spiro atoms. The Morgan fingerprint density at radius 3 is 2.94 bits per heavy atom. The highest BCUT2D eigenvalue weighted by atomic mass is 15.3. The van der Waals surface area contributed by atoms with Crippen molar-refractivity contribution in [1.29, 1.82) is 0 Å². The van der Waals surface area contributed by atoms with Crippen LogP contribution < -0.4 is 10.2 Å². The Bertz CT molecular complexity index is 392. The normalized spacial score (nSPS) is 21.4. The molecule has 2 heterocycles. The van der Waals surface area contributed by atoms with Gasteiger partial charge < -0.3 is 10.2 Å². The molecule has 3 rings (SSSR count). The van der Waals surface area contributed by atoms with E-state index in [2.05, 4.69) is 28.2 Å². The van der Waals surface area contributed by atoms with E-state index in [1.54, 1.807) is 0 Å². The van der Waals surface area contributed by atoms with Crippen molar-refractivity contribution in [2.45, 2.75) is 32.1 Å². The number of anilines is 1. The maximum atomic E-state index is 4.75. The van der Waals surface area contributed by atoms with Crippen LogP contribution in [0.2, 0.25) is 0 Å². The number of rotatable bonds is 2. The molecule has 1 aliphatic heterocycles. The summed E-state index contributed by atoms with van der Waals surface area (Å²) in [6.07, 6.45) is 3.78. The zero-order valence-corrected chi connectivity index (χ0v) is 10.4. The van der Waals surface area contributed by atoms with Gasteiger partial charge in [-0.05, 0) is 38.8 Å². The van der Waals surface area contributed by atoms with Crippen LogP contribution in [-0.4, -0.2) is 36.1 Å². The fourth-order valence-corrected chi connectivity index (χ4v) is 2.35. The molecule has 92 valence electrons. The highest BCUT2D eigenvalue weighted by Gasteiger charge is 2.26. The molecule has 0 bridgehead atoms. The number of hydrogen-bond acceptors (Lipinski definition) is 4. The summed E-state index contributed by atoms with van der Waals surface area (Å²) in [5, 5.41) is 3.41. The Kier molecular flexibility index (Phi) is 2.97. The molecule has 1 aliphatic carbocycles. The largest absolute Gasteiger partial charge is 0.339 e. The van der Waals surface area contributed by atoms with Gasteiger partial charge in [-0.3, -0.25) is 0 Å². The molecule has 4 heteroatoms. The zero-order valence-electron chi connectivity index (χ0n) is 10.4. The molecule has 1 aromatic rings. The summed E-state index contributed by atoms with van der Waals surface area (Å²) in [6.45, 7) is 6.31. The molecule has 1 saturated heterocycles. The predicted molar refractivity (Wildman–Crippen MR) is 68.4 cm³/mol. The number of aryl methyl sites for hydroxylation is 1. The molecule has 2 fully saturated rings. The minimum atomic E-state index is 0.709. The molecule has 1 N–H and O–H groups in total. The second-order valence-electron chi connectivity index (χ2n) is 5.10. The number of nitrogens with zero attached hydrogens (tertiary/aromatic N) is 3. The van der Waals surface area contributed by atoms with Crippen molar-refractivity contribution in [1.82, 2.24) is 15.3 Å². The lowest BCUT2D eigenvalue weighted by atomic mass is 10.2. The summed E-state index contributed by atoms with van der Waals surface area (Å²) in [6, 6.07) is 2.15. The second kappa shape index (κ2) is 4.61. The van der Waals surface area contributed by atoms with Crippen molar-refractivity contribution < 1.29 is 0 Å². The van der Waals surface area contributed by atoms with E-state index in [-0.39, 0.29) is 0 Å². The minimum absolute atomic E-state index is 0.709. The molecule has 2 aliphatic rings. The third kappa shape index (κ3) is 2.57. The smallest absolute Gasteiger partial charge is 0.225 e. The Morgan fingerprint density at radius 1 is 1.24 bits per heavy atom. The number of aromatic nitrogens is 2. The van der Waals surface area contributed by atoms with Crippen molar-refractivity contribution in [2.75, 3.05) is 31.1 Å². The van der Waals surface area contributed by atoms with E-state index in [4.69, 9.17) is 4.98 Å². The van der Waals surface area contributed by atoms with Gasteiger partial charge in [-0.25, -0.2) is 9.97 Å². The first kappa shape index (κ1) is 11.0.